The number of rotatable bonds is 4. The van der Waals surface area contributed by atoms with E-state index in [1.165, 1.54) is 5.56 Å². The summed E-state index contributed by atoms with van der Waals surface area (Å²) in [4.78, 5) is 13.0. The second-order valence-corrected chi connectivity index (χ2v) is 7.31. The molecule has 1 amide bonds. The number of hydrogen-bond donors (Lipinski definition) is 1. The highest BCUT2D eigenvalue weighted by Gasteiger charge is 2.27. The molecule has 6 heteroatoms. The van der Waals surface area contributed by atoms with Crippen molar-refractivity contribution in [1.82, 2.24) is 19.6 Å². The van der Waals surface area contributed by atoms with E-state index < -0.39 is 0 Å². The van der Waals surface area contributed by atoms with E-state index in [4.69, 9.17) is 0 Å². The summed E-state index contributed by atoms with van der Waals surface area (Å²) < 4.78 is 3.66. The average Bonchev–Trinajstić information content (AvgIpc) is 3.46. The van der Waals surface area contributed by atoms with Gasteiger partial charge in [-0.25, -0.2) is 9.36 Å². The Morgan fingerprint density at radius 3 is 2.52 bits per heavy atom. The minimum absolute atomic E-state index is 0.215. The number of para-hydroxylation sites is 1. The van der Waals surface area contributed by atoms with Crippen molar-refractivity contribution in [2.75, 3.05) is 5.32 Å². The van der Waals surface area contributed by atoms with E-state index in [0.29, 0.717) is 11.5 Å². The van der Waals surface area contributed by atoms with Crippen LogP contribution in [0.1, 0.15) is 33.7 Å². The number of aromatic nitrogens is 4. The summed E-state index contributed by atoms with van der Waals surface area (Å²) in [7, 11) is 0. The fourth-order valence-electron chi connectivity index (χ4n) is 3.81. The van der Waals surface area contributed by atoms with Gasteiger partial charge in [0.15, 0.2) is 11.5 Å². The van der Waals surface area contributed by atoms with Crippen LogP contribution in [0.4, 0.5) is 5.82 Å². The quantitative estimate of drug-likeness (QED) is 0.577. The molecule has 0 spiro atoms. The molecule has 0 saturated carbocycles. The van der Waals surface area contributed by atoms with Gasteiger partial charge in [-0.1, -0.05) is 35.9 Å². The molecule has 29 heavy (non-hydrogen) atoms. The first kappa shape index (κ1) is 17.4. The Bertz CT molecular complexity index is 1170. The lowest BCUT2D eigenvalue weighted by molar-refractivity contribution is 0.102. The third kappa shape index (κ3) is 3.23. The third-order valence-corrected chi connectivity index (χ3v) is 5.28. The van der Waals surface area contributed by atoms with Crippen LogP contribution < -0.4 is 5.32 Å². The number of fused-ring (bicyclic) bond motifs is 1. The second kappa shape index (κ2) is 7.05. The minimum atomic E-state index is -0.215. The van der Waals surface area contributed by atoms with Crippen LogP contribution >= 0.6 is 0 Å². The molecule has 0 radical (unpaired) electrons. The Balaban J connectivity index is 1.43. The highest BCUT2D eigenvalue weighted by molar-refractivity contribution is 6.03. The van der Waals surface area contributed by atoms with Crippen LogP contribution in [0.2, 0.25) is 0 Å². The Morgan fingerprint density at radius 1 is 0.931 bits per heavy atom. The van der Waals surface area contributed by atoms with Crippen molar-refractivity contribution < 1.29 is 4.79 Å². The van der Waals surface area contributed by atoms with E-state index in [9.17, 15) is 4.79 Å². The largest absolute Gasteiger partial charge is 0.304 e. The van der Waals surface area contributed by atoms with Gasteiger partial charge in [0.25, 0.3) is 5.91 Å². The van der Waals surface area contributed by atoms with E-state index in [1.54, 1.807) is 10.7 Å². The lowest BCUT2D eigenvalue weighted by atomic mass is 10.2. The zero-order valence-corrected chi connectivity index (χ0v) is 16.2. The molecule has 0 bridgehead atoms. The fourth-order valence-corrected chi connectivity index (χ4v) is 3.81. The minimum Gasteiger partial charge on any atom is -0.304 e. The Labute approximate surface area is 168 Å². The van der Waals surface area contributed by atoms with Gasteiger partial charge in [0, 0.05) is 23.5 Å². The molecule has 144 valence electrons. The molecule has 0 aliphatic heterocycles. The van der Waals surface area contributed by atoms with Crippen molar-refractivity contribution in [3.63, 3.8) is 0 Å². The van der Waals surface area contributed by atoms with Gasteiger partial charge in [0.2, 0.25) is 0 Å². The van der Waals surface area contributed by atoms with E-state index in [2.05, 4.69) is 34.6 Å². The number of amides is 1. The predicted molar refractivity (Wildman–Crippen MR) is 112 cm³/mol. The van der Waals surface area contributed by atoms with Crippen LogP contribution in [0.5, 0.6) is 0 Å². The number of nitrogens with zero attached hydrogens (tertiary/aromatic N) is 4. The van der Waals surface area contributed by atoms with E-state index >= 15 is 0 Å². The molecule has 0 unspecified atom stereocenters. The van der Waals surface area contributed by atoms with Crippen LogP contribution in [0, 0.1) is 6.92 Å². The van der Waals surface area contributed by atoms with Crippen LogP contribution in [0.3, 0.4) is 0 Å². The Morgan fingerprint density at radius 2 is 1.72 bits per heavy atom. The summed E-state index contributed by atoms with van der Waals surface area (Å²) in [6, 6.07) is 19.8. The number of aryl methyl sites for hydroxylation is 1. The lowest BCUT2D eigenvalue weighted by Crippen LogP contribution is -2.15. The monoisotopic (exact) mass is 383 g/mol. The highest BCUT2D eigenvalue weighted by atomic mass is 16.2. The van der Waals surface area contributed by atoms with Gasteiger partial charge in [-0.05, 0) is 50.5 Å². The summed E-state index contributed by atoms with van der Waals surface area (Å²) in [6.45, 7) is 2.06. The van der Waals surface area contributed by atoms with Crippen molar-refractivity contribution in [2.45, 2.75) is 26.2 Å². The van der Waals surface area contributed by atoms with Crippen molar-refractivity contribution in [1.29, 1.82) is 0 Å². The van der Waals surface area contributed by atoms with Gasteiger partial charge in [-0.3, -0.25) is 4.79 Å². The van der Waals surface area contributed by atoms with E-state index in [-0.39, 0.29) is 5.91 Å². The van der Waals surface area contributed by atoms with Crippen molar-refractivity contribution in [3.05, 3.63) is 89.4 Å². The number of benzene rings is 2. The first-order chi connectivity index (χ1) is 14.2. The normalized spacial score (nSPS) is 12.7. The molecule has 0 atom stereocenters. The van der Waals surface area contributed by atoms with E-state index in [0.717, 1.165) is 41.9 Å². The van der Waals surface area contributed by atoms with E-state index in [1.807, 2.05) is 53.3 Å². The van der Waals surface area contributed by atoms with Crippen LogP contribution in [-0.2, 0) is 12.8 Å². The zero-order valence-electron chi connectivity index (χ0n) is 16.2. The van der Waals surface area contributed by atoms with Crippen molar-refractivity contribution >= 4 is 11.7 Å². The standard InChI is InChI=1S/C23H21N5O/c1-16-10-12-18(13-11-16)28-20-9-5-8-19(20)22(26-28)23(29)24-21-14-15-27(25-21)17-6-3-2-4-7-17/h2-4,6-7,10-15H,5,8-9H2,1H3,(H,24,25,29). The molecule has 4 aromatic rings. The molecule has 0 saturated heterocycles. The van der Waals surface area contributed by atoms with Gasteiger partial charge in [0.05, 0.1) is 11.4 Å². The molecule has 2 heterocycles. The summed E-state index contributed by atoms with van der Waals surface area (Å²) >= 11 is 0. The Kier molecular flexibility index (Phi) is 4.24. The summed E-state index contributed by atoms with van der Waals surface area (Å²) in [5.41, 5.74) is 5.80. The van der Waals surface area contributed by atoms with Gasteiger partial charge >= 0.3 is 0 Å². The van der Waals surface area contributed by atoms with Crippen LogP contribution in [-0.4, -0.2) is 25.5 Å². The first-order valence-corrected chi connectivity index (χ1v) is 9.79. The third-order valence-electron chi connectivity index (χ3n) is 5.28. The maximum atomic E-state index is 13.0. The molecule has 1 aliphatic carbocycles. The second-order valence-electron chi connectivity index (χ2n) is 7.31. The van der Waals surface area contributed by atoms with Crippen molar-refractivity contribution in [3.8, 4) is 11.4 Å². The summed E-state index contributed by atoms with van der Waals surface area (Å²) in [5.74, 6) is 0.294. The lowest BCUT2D eigenvalue weighted by Gasteiger charge is -2.05. The highest BCUT2D eigenvalue weighted by Crippen LogP contribution is 2.28. The maximum Gasteiger partial charge on any atom is 0.277 e. The maximum absolute atomic E-state index is 13.0. The topological polar surface area (TPSA) is 64.7 Å². The SMILES string of the molecule is Cc1ccc(-n2nc(C(=O)Nc3ccn(-c4ccccc4)n3)c3c2CCC3)cc1. The van der Waals surface area contributed by atoms with Gasteiger partial charge in [-0.15, -0.1) is 0 Å². The van der Waals surface area contributed by atoms with Crippen LogP contribution in [0.15, 0.2) is 66.9 Å². The molecular formula is C23H21N5O. The molecule has 5 rings (SSSR count). The fraction of sp³-hybridized carbons (Fsp3) is 0.174. The predicted octanol–water partition coefficient (Wildman–Crippen LogP) is 4.11. The number of carbonyl (C=O) groups excluding carboxylic acids is 1. The van der Waals surface area contributed by atoms with Crippen molar-refractivity contribution in [2.24, 2.45) is 0 Å². The summed E-state index contributed by atoms with van der Waals surface area (Å²) in [6.07, 6.45) is 4.69. The molecular weight excluding hydrogens is 362 g/mol. The van der Waals surface area contributed by atoms with Gasteiger partial charge in [-0.2, -0.15) is 10.2 Å². The average molecular weight is 383 g/mol. The van der Waals surface area contributed by atoms with Crippen LogP contribution in [0.25, 0.3) is 11.4 Å². The smallest absolute Gasteiger partial charge is 0.277 e. The van der Waals surface area contributed by atoms with Gasteiger partial charge in [0.1, 0.15) is 0 Å². The Hall–Kier alpha value is -3.67. The first-order valence-electron chi connectivity index (χ1n) is 9.79. The number of carbonyl (C=O) groups is 1. The molecule has 1 N–H and O–H groups in total. The molecule has 2 aromatic carbocycles. The number of hydrogen-bond acceptors (Lipinski definition) is 3. The molecule has 1 aliphatic rings. The molecule has 0 fully saturated rings. The summed E-state index contributed by atoms with van der Waals surface area (Å²) in [5, 5.41) is 12.0. The number of nitrogens with one attached hydrogen (secondary N) is 1. The van der Waals surface area contributed by atoms with Gasteiger partial charge < -0.3 is 5.32 Å². The molecule has 2 aromatic heterocycles. The molecule has 6 nitrogen and oxygen atoms in total. The zero-order chi connectivity index (χ0) is 19.8. The number of anilines is 1.